The zero-order chi connectivity index (χ0) is 25.0. The van der Waals surface area contributed by atoms with E-state index >= 15 is 0 Å². The Labute approximate surface area is 194 Å². The number of nitrogens with zero attached hydrogens (tertiary/aromatic N) is 4. The van der Waals surface area contributed by atoms with Crippen LogP contribution in [-0.2, 0) is 11.0 Å². The van der Waals surface area contributed by atoms with Crippen molar-refractivity contribution in [2.75, 3.05) is 12.0 Å². The monoisotopic (exact) mass is 469 g/mol. The van der Waals surface area contributed by atoms with E-state index in [1.165, 1.54) is 24.1 Å². The quantitative estimate of drug-likeness (QED) is 0.361. The number of benzene rings is 2. The minimum absolute atomic E-state index is 0.0654. The minimum Gasteiger partial charge on any atom is -0.398 e. The molecule has 1 aliphatic rings. The van der Waals surface area contributed by atoms with Crippen molar-refractivity contribution < 1.29 is 22.8 Å². The summed E-state index contributed by atoms with van der Waals surface area (Å²) in [6.07, 6.45) is -4.56. The number of oxime groups is 1. The second kappa shape index (κ2) is 9.79. The van der Waals surface area contributed by atoms with E-state index in [9.17, 15) is 18.0 Å². The van der Waals surface area contributed by atoms with E-state index in [4.69, 9.17) is 10.1 Å². The number of hydrogen-bond acceptors (Lipinski definition) is 4. The molecule has 0 aliphatic carbocycles. The molecule has 1 N–H and O–H groups in total. The zero-order valence-electron chi connectivity index (χ0n) is 18.9. The van der Waals surface area contributed by atoms with Crippen LogP contribution < -0.4 is 10.2 Å². The number of hydrogen-bond donors (Lipinski definition) is 1. The lowest BCUT2D eigenvalue weighted by molar-refractivity contribution is -0.137. The maximum atomic E-state index is 13.3. The van der Waals surface area contributed by atoms with Crippen LogP contribution in [0.3, 0.4) is 0 Å². The molecule has 176 valence electrons. The van der Waals surface area contributed by atoms with Crippen LogP contribution in [0.4, 0.5) is 23.7 Å². The molecule has 10 heteroatoms. The van der Waals surface area contributed by atoms with Gasteiger partial charge in [-0.25, -0.2) is 9.79 Å². The molecular weight excluding hydrogens is 447 g/mol. The molecule has 1 aliphatic heterocycles. The maximum absolute atomic E-state index is 13.3. The minimum atomic E-state index is -4.56. The second-order valence-electron chi connectivity index (χ2n) is 7.52. The van der Waals surface area contributed by atoms with Gasteiger partial charge in [0.25, 0.3) is 0 Å². The van der Waals surface area contributed by atoms with Gasteiger partial charge in [0.1, 0.15) is 7.11 Å². The van der Waals surface area contributed by atoms with Crippen LogP contribution in [0, 0.1) is 11.3 Å². The van der Waals surface area contributed by atoms with E-state index in [1.54, 1.807) is 45.0 Å². The number of aliphatic imine (C=N–C) groups is 1. The summed E-state index contributed by atoms with van der Waals surface area (Å²) >= 11 is 0. The van der Waals surface area contributed by atoms with Crippen LogP contribution in [0.15, 0.2) is 69.9 Å². The van der Waals surface area contributed by atoms with Crippen molar-refractivity contribution in [3.63, 3.8) is 0 Å². The number of urea groups is 1. The molecule has 0 aromatic heterocycles. The van der Waals surface area contributed by atoms with Gasteiger partial charge in [0.15, 0.2) is 5.84 Å². The van der Waals surface area contributed by atoms with Crippen LogP contribution in [0.5, 0.6) is 0 Å². The molecule has 34 heavy (non-hydrogen) atoms. The van der Waals surface area contributed by atoms with Gasteiger partial charge >= 0.3 is 12.2 Å². The summed E-state index contributed by atoms with van der Waals surface area (Å²) in [5.41, 5.74) is 1.80. The summed E-state index contributed by atoms with van der Waals surface area (Å²) in [7, 11) is 1.38. The summed E-state index contributed by atoms with van der Waals surface area (Å²) in [6, 6.07) is 12.0. The summed E-state index contributed by atoms with van der Waals surface area (Å²) in [4.78, 5) is 23.5. The van der Waals surface area contributed by atoms with Gasteiger partial charge in [-0.05, 0) is 56.7 Å². The number of nitrogens with one attached hydrogen (secondary N) is 1. The molecule has 0 saturated heterocycles. The molecule has 1 heterocycles. The molecular formula is C24H22F3N5O2. The highest BCUT2D eigenvalue weighted by Gasteiger charge is 2.36. The number of rotatable bonds is 4. The van der Waals surface area contributed by atoms with Crippen LogP contribution in [0.25, 0.3) is 0 Å². The lowest BCUT2D eigenvalue weighted by atomic mass is 9.91. The average Bonchev–Trinajstić information content (AvgIpc) is 2.78. The van der Waals surface area contributed by atoms with E-state index in [-0.39, 0.29) is 5.69 Å². The fourth-order valence-electron chi connectivity index (χ4n) is 3.80. The Hall–Kier alpha value is -4.13. The standard InChI is InChI=1S/C24H22F3N5O2/c1-14(29-16(3)31-34-4)21-15(2)32(20-7-5-6-19(12-20)24(25,26)27)23(33)30-22(21)18-10-8-17(13-28)9-11-18/h5-12,22H,1-4H3,(H,30,33)/b29-14?,31-16-. The largest absolute Gasteiger partial charge is 0.416 e. The number of amides is 2. The fraction of sp³-hybridized carbons (Fsp3) is 0.250. The predicted octanol–water partition coefficient (Wildman–Crippen LogP) is 5.56. The van der Waals surface area contributed by atoms with Crippen molar-refractivity contribution in [1.82, 2.24) is 5.32 Å². The Balaban J connectivity index is 2.20. The molecule has 1 unspecified atom stereocenters. The Bertz CT molecular complexity index is 1220. The van der Waals surface area contributed by atoms with Gasteiger partial charge in [0.2, 0.25) is 0 Å². The van der Waals surface area contributed by atoms with E-state index < -0.39 is 23.8 Å². The van der Waals surface area contributed by atoms with Crippen molar-refractivity contribution in [3.8, 4) is 6.07 Å². The van der Waals surface area contributed by atoms with E-state index in [0.29, 0.717) is 33.9 Å². The van der Waals surface area contributed by atoms with Crippen LogP contribution >= 0.6 is 0 Å². The molecule has 0 saturated carbocycles. The third-order valence-electron chi connectivity index (χ3n) is 5.23. The molecule has 1 atom stereocenters. The average molecular weight is 469 g/mol. The van der Waals surface area contributed by atoms with Gasteiger partial charge in [-0.15, -0.1) is 0 Å². The molecule has 2 amide bonds. The number of carbonyl (C=O) groups excluding carboxylic acids is 1. The van der Waals surface area contributed by atoms with Crippen LogP contribution in [-0.4, -0.2) is 24.7 Å². The number of carbonyl (C=O) groups is 1. The smallest absolute Gasteiger partial charge is 0.398 e. The number of allylic oxidation sites excluding steroid dienone is 1. The van der Waals surface area contributed by atoms with Gasteiger partial charge in [0, 0.05) is 17.0 Å². The number of anilines is 1. The first-order valence-corrected chi connectivity index (χ1v) is 10.2. The van der Waals surface area contributed by atoms with Crippen LogP contribution in [0.1, 0.15) is 43.5 Å². The van der Waals surface area contributed by atoms with E-state index in [1.807, 2.05) is 6.07 Å². The molecule has 3 rings (SSSR count). The number of alkyl halides is 3. The van der Waals surface area contributed by atoms with Gasteiger partial charge in [-0.2, -0.15) is 18.4 Å². The van der Waals surface area contributed by atoms with Crippen molar-refractivity contribution in [3.05, 3.63) is 76.5 Å². The first kappa shape index (κ1) is 24.5. The molecule has 2 aromatic rings. The molecule has 2 aromatic carbocycles. The molecule has 7 nitrogen and oxygen atoms in total. The lowest BCUT2D eigenvalue weighted by Crippen LogP contribution is -2.48. The third kappa shape index (κ3) is 5.09. The highest BCUT2D eigenvalue weighted by atomic mass is 19.4. The molecule has 0 spiro atoms. The topological polar surface area (TPSA) is 90.1 Å². The third-order valence-corrected chi connectivity index (χ3v) is 5.23. The highest BCUT2D eigenvalue weighted by Crippen LogP contribution is 2.37. The number of nitriles is 1. The number of halogens is 3. The summed E-state index contributed by atoms with van der Waals surface area (Å²) in [6.45, 7) is 4.99. The van der Waals surface area contributed by atoms with Gasteiger partial charge < -0.3 is 10.2 Å². The lowest BCUT2D eigenvalue weighted by Gasteiger charge is -2.36. The highest BCUT2D eigenvalue weighted by molar-refractivity contribution is 6.10. The van der Waals surface area contributed by atoms with Crippen LogP contribution in [0.2, 0.25) is 0 Å². The molecule has 0 radical (unpaired) electrons. The maximum Gasteiger partial charge on any atom is 0.416 e. The van der Waals surface area contributed by atoms with Gasteiger partial charge in [-0.3, -0.25) is 4.90 Å². The van der Waals surface area contributed by atoms with Crippen molar-refractivity contribution >= 4 is 23.3 Å². The Morgan fingerprint density at radius 2 is 1.85 bits per heavy atom. The van der Waals surface area contributed by atoms with Crippen molar-refractivity contribution in [1.29, 1.82) is 5.26 Å². The summed E-state index contributed by atoms with van der Waals surface area (Å²) in [5, 5.41) is 15.7. The Morgan fingerprint density at radius 3 is 2.44 bits per heavy atom. The Morgan fingerprint density at radius 1 is 1.18 bits per heavy atom. The SMILES string of the molecule is CO/N=C(/C)N=C(C)C1=C(C)N(c2cccc(C(F)(F)F)c2)C(=O)NC1c1ccc(C#N)cc1. The van der Waals surface area contributed by atoms with Crippen molar-refractivity contribution in [2.24, 2.45) is 10.1 Å². The van der Waals surface area contributed by atoms with E-state index in [0.717, 1.165) is 12.1 Å². The summed E-state index contributed by atoms with van der Waals surface area (Å²) < 4.78 is 39.9. The van der Waals surface area contributed by atoms with E-state index in [2.05, 4.69) is 15.5 Å². The molecule has 0 fully saturated rings. The summed E-state index contributed by atoms with van der Waals surface area (Å²) in [5.74, 6) is 0.321. The van der Waals surface area contributed by atoms with Gasteiger partial charge in [0.05, 0.1) is 28.9 Å². The molecule has 0 bridgehead atoms. The zero-order valence-corrected chi connectivity index (χ0v) is 18.9. The normalized spacial score (nSPS) is 17.4. The number of amidine groups is 1. The van der Waals surface area contributed by atoms with Gasteiger partial charge in [-0.1, -0.05) is 23.4 Å². The Kier molecular flexibility index (Phi) is 7.05. The predicted molar refractivity (Wildman–Crippen MR) is 122 cm³/mol. The first-order chi connectivity index (χ1) is 16.1. The fourth-order valence-corrected chi connectivity index (χ4v) is 3.80. The second-order valence-corrected chi connectivity index (χ2v) is 7.52. The van der Waals surface area contributed by atoms with Crippen molar-refractivity contribution in [2.45, 2.75) is 33.0 Å². The first-order valence-electron chi connectivity index (χ1n) is 10.2.